The molecule has 2 aromatic rings. The summed E-state index contributed by atoms with van der Waals surface area (Å²) in [5.74, 6) is -6.41. The average molecular weight is 476 g/mol. The number of nitrogens with one attached hydrogen (secondary N) is 2. The van der Waals surface area contributed by atoms with Crippen molar-refractivity contribution in [2.24, 2.45) is 0 Å². The van der Waals surface area contributed by atoms with Crippen molar-refractivity contribution in [3.63, 3.8) is 0 Å². The van der Waals surface area contributed by atoms with E-state index in [0.717, 1.165) is 6.07 Å². The van der Waals surface area contributed by atoms with E-state index >= 15 is 0 Å². The Morgan fingerprint density at radius 3 is 2.67 bits per heavy atom. The topological polar surface area (TPSA) is 95.6 Å². The summed E-state index contributed by atoms with van der Waals surface area (Å²) in [6.07, 6.45) is 0.391. The van der Waals surface area contributed by atoms with E-state index in [9.17, 15) is 28.0 Å². The number of imide groups is 1. The zero-order valence-electron chi connectivity index (χ0n) is 17.6. The molecular weight excluding hydrogens is 456 g/mol. The number of carbonyl (C=O) groups is 4. The molecular formula is C23H20ClF2N3O4. The maximum Gasteiger partial charge on any atom is 0.350 e. The average Bonchev–Trinajstić information content (AvgIpc) is 3.07. The van der Waals surface area contributed by atoms with Gasteiger partial charge in [0.15, 0.2) is 0 Å². The minimum atomic E-state index is -3.75. The first-order chi connectivity index (χ1) is 15.6. The van der Waals surface area contributed by atoms with E-state index in [4.69, 9.17) is 11.6 Å². The monoisotopic (exact) mass is 475 g/mol. The van der Waals surface area contributed by atoms with Crippen LogP contribution in [0.2, 0.25) is 5.02 Å². The van der Waals surface area contributed by atoms with Crippen molar-refractivity contribution in [3.05, 3.63) is 69.2 Å². The van der Waals surface area contributed by atoms with Gasteiger partial charge in [0.25, 0.3) is 11.8 Å². The van der Waals surface area contributed by atoms with Crippen molar-refractivity contribution in [1.82, 2.24) is 15.5 Å². The summed E-state index contributed by atoms with van der Waals surface area (Å²) in [4.78, 5) is 49.9. The highest BCUT2D eigenvalue weighted by atomic mass is 35.5. The fourth-order valence-corrected chi connectivity index (χ4v) is 4.36. The molecule has 2 aliphatic heterocycles. The number of fused-ring (bicyclic) bond motifs is 1. The van der Waals surface area contributed by atoms with Crippen LogP contribution in [0.25, 0.3) is 0 Å². The van der Waals surface area contributed by atoms with Crippen molar-refractivity contribution < 1.29 is 28.0 Å². The number of halogens is 3. The standard InChI is InChI=1S/C23H20ClF2N3O4/c1-12-8-15(24)3-5-17(12)23(25,26)22(33)27-10-13-2-4-16-14(9-13)11-29(21(16)32)18-6-7-19(30)28-20(18)31/h2-5,8-9,18H,6-7,10-11H2,1H3,(H,27,33)(H,28,30,31). The van der Waals surface area contributed by atoms with Crippen LogP contribution in [-0.4, -0.2) is 34.6 Å². The fourth-order valence-electron chi connectivity index (χ4n) is 4.13. The number of hydrogen-bond donors (Lipinski definition) is 2. The van der Waals surface area contributed by atoms with E-state index in [1.54, 1.807) is 18.2 Å². The van der Waals surface area contributed by atoms with Gasteiger partial charge in [-0.2, -0.15) is 8.78 Å². The number of benzene rings is 2. The number of amides is 4. The third kappa shape index (κ3) is 4.32. The summed E-state index contributed by atoms with van der Waals surface area (Å²) in [5.41, 5.74) is 1.33. The molecule has 0 aliphatic carbocycles. The molecule has 0 spiro atoms. The van der Waals surface area contributed by atoms with Gasteiger partial charge in [-0.3, -0.25) is 24.5 Å². The Morgan fingerprint density at radius 1 is 1.21 bits per heavy atom. The summed E-state index contributed by atoms with van der Waals surface area (Å²) in [7, 11) is 0. The van der Waals surface area contributed by atoms with Crippen molar-refractivity contribution >= 4 is 35.2 Å². The van der Waals surface area contributed by atoms with E-state index < -0.39 is 29.3 Å². The molecule has 1 saturated heterocycles. The Labute approximate surface area is 193 Å². The summed E-state index contributed by atoms with van der Waals surface area (Å²) in [5, 5.41) is 4.78. The first kappa shape index (κ1) is 22.8. The first-order valence-corrected chi connectivity index (χ1v) is 10.6. The Balaban J connectivity index is 1.44. The van der Waals surface area contributed by atoms with Gasteiger partial charge in [0.1, 0.15) is 6.04 Å². The predicted octanol–water partition coefficient (Wildman–Crippen LogP) is 2.82. The Hall–Kier alpha value is -3.33. The SMILES string of the molecule is Cc1cc(Cl)ccc1C(F)(F)C(=O)NCc1ccc2c(c1)CN(C1CCC(=O)NC1=O)C2=O. The van der Waals surface area contributed by atoms with Crippen LogP contribution in [0.15, 0.2) is 36.4 Å². The number of piperidine rings is 1. The van der Waals surface area contributed by atoms with E-state index in [0.29, 0.717) is 21.7 Å². The molecule has 4 rings (SSSR count). The molecule has 0 radical (unpaired) electrons. The van der Waals surface area contributed by atoms with Crippen LogP contribution >= 0.6 is 11.6 Å². The van der Waals surface area contributed by atoms with Gasteiger partial charge in [-0.15, -0.1) is 0 Å². The highest BCUT2D eigenvalue weighted by Gasteiger charge is 2.42. The van der Waals surface area contributed by atoms with Crippen LogP contribution in [0.1, 0.15) is 45.5 Å². The highest BCUT2D eigenvalue weighted by molar-refractivity contribution is 6.30. The molecule has 172 valence electrons. The third-order valence-corrected chi connectivity index (χ3v) is 6.09. The number of carbonyl (C=O) groups excluding carboxylic acids is 4. The normalized spacial score (nSPS) is 18.2. The zero-order chi connectivity index (χ0) is 23.9. The van der Waals surface area contributed by atoms with Crippen molar-refractivity contribution in [2.75, 3.05) is 0 Å². The van der Waals surface area contributed by atoms with Gasteiger partial charge in [0.05, 0.1) is 0 Å². The van der Waals surface area contributed by atoms with E-state index in [2.05, 4.69) is 10.6 Å². The summed E-state index contributed by atoms with van der Waals surface area (Å²) in [6.45, 7) is 1.44. The smallest absolute Gasteiger partial charge is 0.346 e. The van der Waals surface area contributed by atoms with Crippen LogP contribution in [0, 0.1) is 6.92 Å². The van der Waals surface area contributed by atoms with Gasteiger partial charge in [0.2, 0.25) is 11.8 Å². The van der Waals surface area contributed by atoms with E-state index in [1.807, 2.05) is 0 Å². The molecule has 1 atom stereocenters. The minimum absolute atomic E-state index is 0.148. The summed E-state index contributed by atoms with van der Waals surface area (Å²) in [6, 6.07) is 7.81. The van der Waals surface area contributed by atoms with E-state index in [-0.39, 0.29) is 43.3 Å². The van der Waals surface area contributed by atoms with Gasteiger partial charge in [-0.05, 0) is 48.2 Å². The van der Waals surface area contributed by atoms with Crippen LogP contribution in [-0.2, 0) is 33.4 Å². The number of alkyl halides is 2. The van der Waals surface area contributed by atoms with Gasteiger partial charge >= 0.3 is 5.92 Å². The van der Waals surface area contributed by atoms with Crippen LogP contribution < -0.4 is 10.6 Å². The lowest BCUT2D eigenvalue weighted by atomic mass is 10.0. The zero-order valence-corrected chi connectivity index (χ0v) is 18.3. The van der Waals surface area contributed by atoms with Gasteiger partial charge in [0, 0.05) is 35.7 Å². The molecule has 2 heterocycles. The number of nitrogens with zero attached hydrogens (tertiary/aromatic N) is 1. The van der Waals surface area contributed by atoms with Crippen LogP contribution in [0.3, 0.4) is 0 Å². The number of rotatable bonds is 5. The van der Waals surface area contributed by atoms with Crippen LogP contribution in [0.4, 0.5) is 8.78 Å². The molecule has 33 heavy (non-hydrogen) atoms. The lowest BCUT2D eigenvalue weighted by molar-refractivity contribution is -0.147. The molecule has 2 N–H and O–H groups in total. The fraction of sp³-hybridized carbons (Fsp3) is 0.304. The maximum atomic E-state index is 14.7. The molecule has 1 unspecified atom stereocenters. The largest absolute Gasteiger partial charge is 0.350 e. The molecule has 0 aromatic heterocycles. The van der Waals surface area contributed by atoms with Crippen molar-refractivity contribution in [1.29, 1.82) is 0 Å². The molecule has 2 aliphatic rings. The predicted molar refractivity (Wildman–Crippen MR) is 114 cm³/mol. The second-order valence-electron chi connectivity index (χ2n) is 8.11. The molecule has 1 fully saturated rings. The summed E-state index contributed by atoms with van der Waals surface area (Å²) >= 11 is 5.81. The third-order valence-electron chi connectivity index (χ3n) is 5.85. The van der Waals surface area contributed by atoms with Gasteiger partial charge in [-0.1, -0.05) is 29.8 Å². The molecule has 10 heteroatoms. The summed E-state index contributed by atoms with van der Waals surface area (Å²) < 4.78 is 29.3. The first-order valence-electron chi connectivity index (χ1n) is 10.3. The van der Waals surface area contributed by atoms with Crippen molar-refractivity contribution in [3.8, 4) is 0 Å². The second-order valence-corrected chi connectivity index (χ2v) is 8.54. The maximum absolute atomic E-state index is 14.7. The van der Waals surface area contributed by atoms with Gasteiger partial charge < -0.3 is 10.2 Å². The highest BCUT2D eigenvalue weighted by Crippen LogP contribution is 2.32. The van der Waals surface area contributed by atoms with Gasteiger partial charge in [-0.25, -0.2) is 0 Å². The Morgan fingerprint density at radius 2 is 1.97 bits per heavy atom. The lowest BCUT2D eigenvalue weighted by Gasteiger charge is -2.29. The molecule has 0 bridgehead atoms. The minimum Gasteiger partial charge on any atom is -0.346 e. The number of hydrogen-bond acceptors (Lipinski definition) is 4. The van der Waals surface area contributed by atoms with Crippen molar-refractivity contribution in [2.45, 2.75) is 44.8 Å². The Kier molecular flexibility index (Phi) is 5.92. The quantitative estimate of drug-likeness (QED) is 0.650. The van der Waals surface area contributed by atoms with E-state index in [1.165, 1.54) is 24.0 Å². The molecule has 0 saturated carbocycles. The Bertz CT molecular complexity index is 1180. The van der Waals surface area contributed by atoms with Crippen LogP contribution in [0.5, 0.6) is 0 Å². The lowest BCUT2D eigenvalue weighted by Crippen LogP contribution is -2.52. The molecule has 7 nitrogen and oxygen atoms in total. The number of aryl methyl sites for hydroxylation is 1. The molecule has 4 amide bonds. The second kappa shape index (κ2) is 8.55. The molecule has 2 aromatic carbocycles.